The second-order valence-electron chi connectivity index (χ2n) is 6.66. The molecule has 1 aromatic heterocycles. The fraction of sp³-hybridized carbons (Fsp3) is 0.143. The molecule has 4 rings (SSSR count). The van der Waals surface area contributed by atoms with E-state index in [4.69, 9.17) is 0 Å². The molecule has 2 aromatic carbocycles. The summed E-state index contributed by atoms with van der Waals surface area (Å²) in [6, 6.07) is 15.8. The molecule has 8 heteroatoms. The lowest BCUT2D eigenvalue weighted by Crippen LogP contribution is -2.24. The summed E-state index contributed by atoms with van der Waals surface area (Å²) in [6.07, 6.45) is 0. The number of aromatic amines is 1. The highest BCUT2D eigenvalue weighted by atomic mass is 32.2. The number of nitrogens with zero attached hydrogens (tertiary/aromatic N) is 1. The highest BCUT2D eigenvalue weighted by Crippen LogP contribution is 2.37. The fourth-order valence-corrected chi connectivity index (χ4v) is 4.94. The van der Waals surface area contributed by atoms with Crippen LogP contribution in [0.2, 0.25) is 0 Å². The van der Waals surface area contributed by atoms with Crippen LogP contribution in [0.1, 0.15) is 27.8 Å². The molecule has 0 saturated carbocycles. The van der Waals surface area contributed by atoms with Crippen molar-refractivity contribution in [1.29, 1.82) is 0 Å². The minimum absolute atomic E-state index is 0.165. The lowest BCUT2D eigenvalue weighted by Gasteiger charge is -2.14. The molecule has 7 nitrogen and oxygen atoms in total. The Morgan fingerprint density at radius 2 is 1.97 bits per heavy atom. The predicted octanol–water partition coefficient (Wildman–Crippen LogP) is 2.28. The van der Waals surface area contributed by atoms with Crippen LogP contribution in [0.4, 0.5) is 5.82 Å². The summed E-state index contributed by atoms with van der Waals surface area (Å²) >= 11 is 0. The Bertz CT molecular complexity index is 1240. The molecule has 1 atom stereocenters. The van der Waals surface area contributed by atoms with Gasteiger partial charge in [-0.3, -0.25) is 20.5 Å². The van der Waals surface area contributed by atoms with Crippen molar-refractivity contribution in [2.75, 3.05) is 5.32 Å². The summed E-state index contributed by atoms with van der Waals surface area (Å²) in [5.74, 6) is 4.86. The van der Waals surface area contributed by atoms with Crippen LogP contribution in [-0.2, 0) is 21.2 Å². The Morgan fingerprint density at radius 1 is 1.17 bits per heavy atom. The van der Waals surface area contributed by atoms with Crippen molar-refractivity contribution in [3.8, 4) is 11.8 Å². The first kappa shape index (κ1) is 18.9. The maximum Gasteiger partial charge on any atom is 0.301 e. The second kappa shape index (κ2) is 7.54. The molecule has 0 saturated heterocycles. The van der Waals surface area contributed by atoms with Crippen LogP contribution in [0.3, 0.4) is 0 Å². The van der Waals surface area contributed by atoms with Crippen molar-refractivity contribution in [3.63, 3.8) is 0 Å². The summed E-state index contributed by atoms with van der Waals surface area (Å²) in [7, 11) is -3.72. The summed E-state index contributed by atoms with van der Waals surface area (Å²) in [6.45, 7) is 2.14. The van der Waals surface area contributed by atoms with Crippen LogP contribution in [-0.4, -0.2) is 24.5 Å². The molecule has 1 aliphatic heterocycles. The molecule has 29 heavy (non-hydrogen) atoms. The maximum absolute atomic E-state index is 13.2. The van der Waals surface area contributed by atoms with Crippen LogP contribution in [0.5, 0.6) is 0 Å². The molecule has 0 radical (unpaired) electrons. The molecule has 1 amide bonds. The molecule has 1 aliphatic rings. The van der Waals surface area contributed by atoms with E-state index in [2.05, 4.69) is 32.7 Å². The number of aromatic nitrogens is 2. The Hall–Kier alpha value is -3.41. The van der Waals surface area contributed by atoms with E-state index < -0.39 is 21.1 Å². The Labute approximate surface area is 168 Å². The quantitative estimate of drug-likeness (QED) is 0.579. The van der Waals surface area contributed by atoms with Crippen molar-refractivity contribution in [2.45, 2.75) is 23.7 Å². The SMILES string of the molecule is Cc1cccc(S(=O)(=O)C2NCc3[nH]nc(NC(=O)C#Cc4ccccc4)c32)c1. The number of hydrogen-bond donors (Lipinski definition) is 3. The lowest BCUT2D eigenvalue weighted by atomic mass is 10.2. The zero-order valence-corrected chi connectivity index (χ0v) is 16.4. The third-order valence-electron chi connectivity index (χ3n) is 4.56. The van der Waals surface area contributed by atoms with Gasteiger partial charge in [0.05, 0.1) is 16.2 Å². The molecule has 3 N–H and O–H groups in total. The monoisotopic (exact) mass is 406 g/mol. The average Bonchev–Trinajstić information content (AvgIpc) is 3.30. The van der Waals surface area contributed by atoms with Crippen LogP contribution in [0.15, 0.2) is 59.5 Å². The largest absolute Gasteiger partial charge is 0.301 e. The highest BCUT2D eigenvalue weighted by Gasteiger charge is 2.38. The number of H-pyrrole nitrogens is 1. The number of rotatable bonds is 3. The number of aryl methyl sites for hydroxylation is 1. The number of fused-ring (bicyclic) bond motifs is 1. The van der Waals surface area contributed by atoms with Gasteiger partial charge < -0.3 is 0 Å². The first-order valence-electron chi connectivity index (χ1n) is 8.94. The van der Waals surface area contributed by atoms with E-state index in [-0.39, 0.29) is 10.7 Å². The third-order valence-corrected chi connectivity index (χ3v) is 6.50. The predicted molar refractivity (Wildman–Crippen MR) is 108 cm³/mol. The number of carbonyl (C=O) groups is 1. The third kappa shape index (κ3) is 3.78. The van der Waals surface area contributed by atoms with Gasteiger partial charge in [0.1, 0.15) is 5.37 Å². The van der Waals surface area contributed by atoms with E-state index in [0.717, 1.165) is 5.56 Å². The van der Waals surface area contributed by atoms with Crippen molar-refractivity contribution in [3.05, 3.63) is 77.0 Å². The normalized spacial score (nSPS) is 15.3. The van der Waals surface area contributed by atoms with E-state index >= 15 is 0 Å². The summed E-state index contributed by atoms with van der Waals surface area (Å²) < 4.78 is 26.3. The van der Waals surface area contributed by atoms with Crippen molar-refractivity contribution >= 4 is 21.6 Å². The summed E-state index contributed by atoms with van der Waals surface area (Å²) in [4.78, 5) is 12.5. The molecule has 0 aliphatic carbocycles. The van der Waals surface area contributed by atoms with Crippen LogP contribution >= 0.6 is 0 Å². The van der Waals surface area contributed by atoms with E-state index in [0.29, 0.717) is 23.4 Å². The average molecular weight is 406 g/mol. The molecular weight excluding hydrogens is 388 g/mol. The number of amides is 1. The smallest absolute Gasteiger partial charge is 0.298 e. The van der Waals surface area contributed by atoms with Crippen molar-refractivity contribution in [1.82, 2.24) is 15.5 Å². The lowest BCUT2D eigenvalue weighted by molar-refractivity contribution is -0.111. The van der Waals surface area contributed by atoms with Gasteiger partial charge in [0.2, 0.25) is 0 Å². The number of benzene rings is 2. The number of nitrogens with one attached hydrogen (secondary N) is 3. The van der Waals surface area contributed by atoms with Crippen LogP contribution in [0.25, 0.3) is 0 Å². The van der Waals surface area contributed by atoms with Gasteiger partial charge in [-0.2, -0.15) is 5.10 Å². The van der Waals surface area contributed by atoms with Gasteiger partial charge in [-0.25, -0.2) is 8.42 Å². The minimum Gasteiger partial charge on any atom is -0.298 e. The van der Waals surface area contributed by atoms with E-state index in [1.807, 2.05) is 31.2 Å². The number of anilines is 1. The molecular formula is C21H18N4O3S. The maximum atomic E-state index is 13.2. The second-order valence-corrected chi connectivity index (χ2v) is 8.69. The van der Waals surface area contributed by atoms with E-state index in [9.17, 15) is 13.2 Å². The standard InChI is InChI=1S/C21H18N4O3S/c1-14-6-5-9-16(12-14)29(27,28)21-19-17(13-22-21)24-25-20(19)23-18(26)11-10-15-7-3-2-4-8-15/h2-9,12,21-22H,13H2,1H3,(H2,23,24,25,26). The highest BCUT2D eigenvalue weighted by molar-refractivity contribution is 7.91. The van der Waals surface area contributed by atoms with Crippen LogP contribution in [0, 0.1) is 18.8 Å². The zero-order chi connectivity index (χ0) is 20.4. The molecule has 146 valence electrons. The summed E-state index contributed by atoms with van der Waals surface area (Å²) in [5.41, 5.74) is 2.59. The van der Waals surface area contributed by atoms with Gasteiger partial charge in [0.15, 0.2) is 15.7 Å². The molecule has 0 bridgehead atoms. The van der Waals surface area contributed by atoms with Gasteiger partial charge in [-0.15, -0.1) is 0 Å². The van der Waals surface area contributed by atoms with Gasteiger partial charge >= 0.3 is 5.91 Å². The number of sulfone groups is 1. The van der Waals surface area contributed by atoms with Gasteiger partial charge in [0.25, 0.3) is 0 Å². The molecule has 0 spiro atoms. The molecule has 2 heterocycles. The Balaban J connectivity index is 1.61. The molecule has 3 aromatic rings. The van der Waals surface area contributed by atoms with Crippen LogP contribution < -0.4 is 10.6 Å². The number of hydrogen-bond acceptors (Lipinski definition) is 5. The van der Waals surface area contributed by atoms with Gasteiger partial charge in [-0.05, 0) is 36.8 Å². The van der Waals surface area contributed by atoms with E-state index in [1.54, 1.807) is 30.3 Å². The Kier molecular flexibility index (Phi) is 4.92. The number of carbonyl (C=O) groups excluding carboxylic acids is 1. The van der Waals surface area contributed by atoms with Crippen molar-refractivity contribution < 1.29 is 13.2 Å². The molecule has 0 fully saturated rings. The minimum atomic E-state index is -3.72. The van der Waals surface area contributed by atoms with E-state index in [1.165, 1.54) is 0 Å². The fourth-order valence-electron chi connectivity index (χ4n) is 3.18. The van der Waals surface area contributed by atoms with Gasteiger partial charge in [-0.1, -0.05) is 36.3 Å². The zero-order valence-electron chi connectivity index (χ0n) is 15.6. The topological polar surface area (TPSA) is 104 Å². The van der Waals surface area contributed by atoms with Gasteiger partial charge in [0, 0.05) is 18.0 Å². The molecule has 1 unspecified atom stereocenters. The first-order valence-corrected chi connectivity index (χ1v) is 10.5. The Morgan fingerprint density at radius 3 is 2.72 bits per heavy atom. The first-order chi connectivity index (χ1) is 13.9. The van der Waals surface area contributed by atoms with Crippen molar-refractivity contribution in [2.24, 2.45) is 0 Å². The summed E-state index contributed by atoms with van der Waals surface area (Å²) in [5, 5.41) is 11.4.